The third kappa shape index (κ3) is 9.46. The lowest BCUT2D eigenvalue weighted by Crippen LogP contribution is -2.50. The topological polar surface area (TPSA) is 143 Å². The fourth-order valence-electron chi connectivity index (χ4n) is 5.31. The van der Waals surface area contributed by atoms with E-state index in [1.54, 1.807) is 30.5 Å². The van der Waals surface area contributed by atoms with Gasteiger partial charge in [0, 0.05) is 48.9 Å². The van der Waals surface area contributed by atoms with Crippen molar-refractivity contribution < 1.29 is 40.7 Å². The van der Waals surface area contributed by atoms with Gasteiger partial charge in [-0.3, -0.25) is 9.59 Å². The van der Waals surface area contributed by atoms with Gasteiger partial charge in [-0.15, -0.1) is 0 Å². The van der Waals surface area contributed by atoms with Gasteiger partial charge < -0.3 is 25.8 Å². The van der Waals surface area contributed by atoms with Gasteiger partial charge in [-0.2, -0.15) is 36.6 Å². The molecule has 0 atom stereocenters. The highest BCUT2D eigenvalue weighted by atomic mass is 35.5. The molecule has 1 saturated heterocycles. The van der Waals surface area contributed by atoms with Crippen LogP contribution in [0.2, 0.25) is 5.02 Å². The Balaban J connectivity index is 0.000000376. The number of alkyl halides is 6. The number of hydrogen-bond donors (Lipinski definition) is 3. The molecule has 52 heavy (non-hydrogen) atoms. The molecule has 0 unspecified atom stereocenters. The fourth-order valence-corrected chi connectivity index (χ4v) is 5.45. The van der Waals surface area contributed by atoms with Crippen molar-refractivity contribution in [2.75, 3.05) is 47.0 Å². The van der Waals surface area contributed by atoms with Crippen molar-refractivity contribution in [1.29, 1.82) is 5.26 Å². The van der Waals surface area contributed by atoms with E-state index in [9.17, 15) is 40.7 Å². The van der Waals surface area contributed by atoms with Gasteiger partial charge in [-0.25, -0.2) is 9.78 Å². The molecule has 270 valence electrons. The number of carbonyl (C=O) groups is 3. The molecule has 0 radical (unpaired) electrons. The minimum absolute atomic E-state index is 0.158. The lowest BCUT2D eigenvalue weighted by Gasteiger charge is -2.37. The minimum Gasteiger partial charge on any atom is -0.368 e. The number of piperazine rings is 1. The molecule has 1 fully saturated rings. The number of nitriles is 1. The highest BCUT2D eigenvalue weighted by molar-refractivity contribution is 6.41. The SMILES string of the molecule is N#Cc1cccc(NC(=O)N2CCN(c3ccc4cc3CCc3cccc(c3)Nc3ncc(Cl)c(n3)N4)CC2)c1.O=C(C(=O)C(F)(F)F)C(F)(F)F. The summed E-state index contributed by atoms with van der Waals surface area (Å²) in [5.74, 6) is -5.81. The van der Waals surface area contributed by atoms with Crippen molar-refractivity contribution >= 4 is 63.7 Å². The smallest absolute Gasteiger partial charge is 0.368 e. The second kappa shape index (κ2) is 15.6. The summed E-state index contributed by atoms with van der Waals surface area (Å²) in [5.41, 5.74) is 6.53. The molecule has 2 amide bonds. The summed E-state index contributed by atoms with van der Waals surface area (Å²) in [5, 5.41) is 19.1. The van der Waals surface area contributed by atoms with Crippen molar-refractivity contribution in [3.63, 3.8) is 0 Å². The van der Waals surface area contributed by atoms with Crippen LogP contribution in [0.1, 0.15) is 16.7 Å². The summed E-state index contributed by atoms with van der Waals surface area (Å²) in [6, 6.07) is 23.5. The third-order valence-electron chi connectivity index (χ3n) is 7.82. The number of aromatic nitrogens is 2. The summed E-state index contributed by atoms with van der Waals surface area (Å²) in [6.07, 6.45) is -8.23. The Morgan fingerprint density at radius 2 is 1.50 bits per heavy atom. The summed E-state index contributed by atoms with van der Waals surface area (Å²) >= 11 is 6.42. The molecule has 2 aliphatic heterocycles. The number of fused-ring (bicyclic) bond motifs is 6. The van der Waals surface area contributed by atoms with Crippen LogP contribution in [0.3, 0.4) is 0 Å². The fraction of sp³-hybridized carbons (Fsp3) is 0.235. The molecule has 3 heterocycles. The zero-order valence-corrected chi connectivity index (χ0v) is 27.5. The van der Waals surface area contributed by atoms with E-state index in [4.69, 9.17) is 16.9 Å². The van der Waals surface area contributed by atoms with Crippen molar-refractivity contribution in [1.82, 2.24) is 14.9 Å². The monoisotopic (exact) mass is 744 g/mol. The Bertz CT molecular complexity index is 2000. The van der Waals surface area contributed by atoms with E-state index in [-0.39, 0.29) is 6.03 Å². The van der Waals surface area contributed by atoms with Crippen molar-refractivity contribution in [2.45, 2.75) is 25.2 Å². The normalized spacial score (nSPS) is 14.0. The van der Waals surface area contributed by atoms with Gasteiger partial charge in [0.2, 0.25) is 5.95 Å². The summed E-state index contributed by atoms with van der Waals surface area (Å²) in [4.78, 5) is 45.2. The number of ketones is 2. The first kappa shape index (κ1) is 37.4. The van der Waals surface area contributed by atoms with Crippen LogP contribution in [-0.4, -0.2) is 71.0 Å². The highest BCUT2D eigenvalue weighted by Crippen LogP contribution is 2.32. The van der Waals surface area contributed by atoms with Crippen molar-refractivity contribution in [3.05, 3.63) is 94.6 Å². The number of amides is 2. The van der Waals surface area contributed by atoms with E-state index in [0.717, 1.165) is 29.9 Å². The van der Waals surface area contributed by atoms with E-state index in [1.807, 2.05) is 23.1 Å². The molecule has 0 aliphatic carbocycles. The van der Waals surface area contributed by atoms with Crippen LogP contribution in [0.5, 0.6) is 0 Å². The number of Topliss-reactive ketones (excluding diaryl/α,β-unsaturated/α-hetero) is 2. The van der Waals surface area contributed by atoms with Crippen LogP contribution in [0.4, 0.5) is 65.7 Å². The number of benzene rings is 3. The second-order valence-electron chi connectivity index (χ2n) is 11.4. The maximum Gasteiger partial charge on any atom is 0.458 e. The zero-order chi connectivity index (χ0) is 37.6. The molecule has 0 saturated carbocycles. The minimum atomic E-state index is -5.77. The number of nitrogens with zero attached hydrogens (tertiary/aromatic N) is 5. The lowest BCUT2D eigenvalue weighted by molar-refractivity contribution is -0.193. The average molecular weight is 745 g/mol. The van der Waals surface area contributed by atoms with Crippen LogP contribution < -0.4 is 20.9 Å². The first-order valence-corrected chi connectivity index (χ1v) is 15.8. The molecular formula is C34H27ClF6N8O3. The molecule has 2 aliphatic rings. The Kier molecular flexibility index (Phi) is 11.2. The van der Waals surface area contributed by atoms with E-state index >= 15 is 0 Å². The van der Waals surface area contributed by atoms with Gasteiger partial charge >= 0.3 is 30.0 Å². The predicted molar refractivity (Wildman–Crippen MR) is 180 cm³/mol. The molecule has 0 spiro atoms. The summed E-state index contributed by atoms with van der Waals surface area (Å²) in [7, 11) is 0. The largest absolute Gasteiger partial charge is 0.458 e. The Labute approximate surface area is 297 Å². The molecular weight excluding hydrogens is 718 g/mol. The average Bonchev–Trinajstić information content (AvgIpc) is 3.11. The molecule has 3 N–H and O–H groups in total. The van der Waals surface area contributed by atoms with Crippen LogP contribution in [-0.2, 0) is 22.4 Å². The summed E-state index contributed by atoms with van der Waals surface area (Å²) in [6.45, 7) is 2.62. The van der Waals surface area contributed by atoms with Gasteiger partial charge in [0.05, 0.1) is 17.8 Å². The number of urea groups is 1. The molecule has 1 aromatic heterocycles. The number of nitrogens with one attached hydrogen (secondary N) is 3. The van der Waals surface area contributed by atoms with Crippen LogP contribution >= 0.6 is 11.6 Å². The van der Waals surface area contributed by atoms with Crippen LogP contribution in [0.15, 0.2) is 72.9 Å². The van der Waals surface area contributed by atoms with Gasteiger partial charge in [0.15, 0.2) is 5.82 Å². The standard InChI is InChI=1S/C30H27ClN8O.C4F6O2/c31-26-19-33-29-35-23-5-1-3-20(15-23)7-8-22-17-25(34-28(26)37-29)9-10-27(22)38-11-13-39(14-12-38)30(40)36-24-6-2-4-21(16-24)18-32;5-3(6,7)1(11)2(12)4(8,9)10/h1-6,9-10,15-17,19H,7-8,11-14H2,(H,36,40)(H2,33,34,35,37);. The number of hydrogen-bond acceptors (Lipinski definition) is 9. The van der Waals surface area contributed by atoms with E-state index < -0.39 is 23.9 Å². The maximum absolute atomic E-state index is 12.9. The Morgan fingerprint density at radius 1 is 0.827 bits per heavy atom. The maximum atomic E-state index is 12.9. The first-order chi connectivity index (χ1) is 24.6. The summed E-state index contributed by atoms with van der Waals surface area (Å²) < 4.78 is 67.0. The number of halogens is 7. The molecule has 3 aromatic carbocycles. The van der Waals surface area contributed by atoms with Crippen LogP contribution in [0.25, 0.3) is 0 Å². The molecule has 4 aromatic rings. The molecule has 18 heteroatoms. The van der Waals surface area contributed by atoms with E-state index in [2.05, 4.69) is 61.2 Å². The van der Waals surface area contributed by atoms with Crippen molar-refractivity contribution in [2.24, 2.45) is 0 Å². The molecule has 11 nitrogen and oxygen atoms in total. The van der Waals surface area contributed by atoms with Gasteiger partial charge in [-0.05, 0) is 72.5 Å². The van der Waals surface area contributed by atoms with Crippen molar-refractivity contribution in [3.8, 4) is 6.07 Å². The predicted octanol–water partition coefficient (Wildman–Crippen LogP) is 7.19. The van der Waals surface area contributed by atoms with E-state index in [0.29, 0.717) is 54.2 Å². The molecule has 6 bridgehead atoms. The van der Waals surface area contributed by atoms with Crippen LogP contribution in [0, 0.1) is 11.3 Å². The van der Waals surface area contributed by atoms with Gasteiger partial charge in [0.25, 0.3) is 0 Å². The number of aryl methyl sites for hydroxylation is 2. The van der Waals surface area contributed by atoms with Gasteiger partial charge in [-0.1, -0.05) is 29.8 Å². The number of anilines is 6. The first-order valence-electron chi connectivity index (χ1n) is 15.4. The molecule has 6 rings (SSSR count). The second-order valence-corrected chi connectivity index (χ2v) is 11.8. The zero-order valence-electron chi connectivity index (χ0n) is 26.8. The highest BCUT2D eigenvalue weighted by Gasteiger charge is 2.54. The van der Waals surface area contributed by atoms with E-state index in [1.165, 1.54) is 11.1 Å². The number of carbonyl (C=O) groups excluding carboxylic acids is 3. The van der Waals surface area contributed by atoms with Gasteiger partial charge in [0.1, 0.15) is 5.02 Å². The quantitative estimate of drug-likeness (QED) is 0.147. The lowest BCUT2D eigenvalue weighted by atomic mass is 10.0. The Hall–Kier alpha value is -5.89. The number of rotatable bonds is 3. The third-order valence-corrected chi connectivity index (χ3v) is 8.10. The Morgan fingerprint density at radius 3 is 2.17 bits per heavy atom.